The summed E-state index contributed by atoms with van der Waals surface area (Å²) in [6.45, 7) is -0.150. The molecule has 0 radical (unpaired) electrons. The van der Waals surface area contributed by atoms with Crippen LogP contribution in [0.3, 0.4) is 0 Å². The second kappa shape index (κ2) is 7.88. The minimum Gasteiger partial charge on any atom is -0.484 e. The number of esters is 1. The van der Waals surface area contributed by atoms with Crippen molar-refractivity contribution in [2.75, 3.05) is 19.0 Å². The fourth-order valence-electron chi connectivity index (χ4n) is 2.13. The molecule has 3 rings (SSSR count). The Hall–Kier alpha value is -3.75. The first-order chi connectivity index (χ1) is 12.7. The normalized spacial score (nSPS) is 10.2. The number of hydrogen-bond donors (Lipinski definition) is 1. The summed E-state index contributed by atoms with van der Waals surface area (Å²) in [4.78, 5) is 23.3. The lowest BCUT2D eigenvalue weighted by atomic mass is 10.2. The van der Waals surface area contributed by atoms with Gasteiger partial charge in [0.2, 0.25) is 0 Å². The van der Waals surface area contributed by atoms with E-state index in [0.717, 1.165) is 5.69 Å². The molecule has 0 fully saturated rings. The highest BCUT2D eigenvalue weighted by atomic mass is 16.5. The molecule has 1 N–H and O–H groups in total. The van der Waals surface area contributed by atoms with Crippen LogP contribution in [0.15, 0.2) is 54.9 Å². The highest BCUT2D eigenvalue weighted by Crippen LogP contribution is 2.15. The molecule has 132 valence electrons. The zero-order valence-corrected chi connectivity index (χ0v) is 13.8. The minimum atomic E-state index is -0.434. The molecule has 0 aliphatic carbocycles. The largest absolute Gasteiger partial charge is 0.484 e. The molecule has 0 saturated heterocycles. The Morgan fingerprint density at radius 3 is 2.42 bits per heavy atom. The summed E-state index contributed by atoms with van der Waals surface area (Å²) in [5, 5.41) is 13.6. The predicted octanol–water partition coefficient (Wildman–Crippen LogP) is 1.47. The van der Waals surface area contributed by atoms with Gasteiger partial charge in [-0.2, -0.15) is 0 Å². The van der Waals surface area contributed by atoms with Gasteiger partial charge in [-0.15, -0.1) is 5.10 Å². The van der Waals surface area contributed by atoms with Crippen LogP contribution in [0, 0.1) is 0 Å². The molecule has 0 aliphatic rings. The molecule has 1 heterocycles. The van der Waals surface area contributed by atoms with Crippen LogP contribution in [0.4, 0.5) is 5.69 Å². The van der Waals surface area contributed by atoms with Crippen LogP contribution in [-0.4, -0.2) is 45.8 Å². The maximum Gasteiger partial charge on any atom is 0.337 e. The van der Waals surface area contributed by atoms with Crippen molar-refractivity contribution >= 4 is 17.6 Å². The van der Waals surface area contributed by atoms with Gasteiger partial charge >= 0.3 is 5.97 Å². The first-order valence-corrected chi connectivity index (χ1v) is 7.60. The van der Waals surface area contributed by atoms with Crippen LogP contribution in [0.1, 0.15) is 10.4 Å². The monoisotopic (exact) mass is 353 g/mol. The van der Waals surface area contributed by atoms with Crippen molar-refractivity contribution in [2.24, 2.45) is 0 Å². The number of nitrogens with zero attached hydrogens (tertiary/aromatic N) is 4. The van der Waals surface area contributed by atoms with Crippen molar-refractivity contribution in [3.63, 3.8) is 0 Å². The Balaban J connectivity index is 1.51. The number of nitrogens with one attached hydrogen (secondary N) is 1. The molecule has 0 saturated carbocycles. The van der Waals surface area contributed by atoms with E-state index in [1.54, 1.807) is 48.5 Å². The van der Waals surface area contributed by atoms with E-state index < -0.39 is 5.97 Å². The van der Waals surface area contributed by atoms with Crippen LogP contribution in [-0.2, 0) is 9.53 Å². The Morgan fingerprint density at radius 1 is 1.08 bits per heavy atom. The van der Waals surface area contributed by atoms with Gasteiger partial charge in [0.1, 0.15) is 12.1 Å². The number of rotatable bonds is 6. The van der Waals surface area contributed by atoms with Crippen molar-refractivity contribution in [1.29, 1.82) is 0 Å². The topological polar surface area (TPSA) is 108 Å². The Morgan fingerprint density at radius 2 is 1.81 bits per heavy atom. The maximum atomic E-state index is 12.0. The standard InChI is InChI=1S/C17H15N5O4/c1-25-17(24)12-2-4-13(5-3-12)19-16(23)10-26-15-8-6-14(7-9-15)22-11-18-20-21-22/h2-9,11H,10H2,1H3,(H,19,23). The van der Waals surface area contributed by atoms with Gasteiger partial charge in [-0.05, 0) is 59.0 Å². The molecule has 3 aromatic rings. The molecule has 0 aliphatic heterocycles. The van der Waals surface area contributed by atoms with E-state index in [1.165, 1.54) is 18.1 Å². The number of benzene rings is 2. The third kappa shape index (κ3) is 4.20. The quantitative estimate of drug-likeness (QED) is 0.668. The number of tetrazole rings is 1. The third-order valence-corrected chi connectivity index (χ3v) is 3.41. The van der Waals surface area contributed by atoms with Gasteiger partial charge in [0.15, 0.2) is 6.61 Å². The summed E-state index contributed by atoms with van der Waals surface area (Å²) in [6.07, 6.45) is 1.48. The van der Waals surface area contributed by atoms with E-state index in [9.17, 15) is 9.59 Å². The number of carbonyl (C=O) groups is 2. The van der Waals surface area contributed by atoms with E-state index in [4.69, 9.17) is 4.74 Å². The second-order valence-electron chi connectivity index (χ2n) is 5.15. The average molecular weight is 353 g/mol. The van der Waals surface area contributed by atoms with Gasteiger partial charge in [0.25, 0.3) is 5.91 Å². The van der Waals surface area contributed by atoms with Gasteiger partial charge in [0.05, 0.1) is 18.4 Å². The van der Waals surface area contributed by atoms with Crippen molar-refractivity contribution in [2.45, 2.75) is 0 Å². The van der Waals surface area contributed by atoms with Crippen molar-refractivity contribution in [3.05, 3.63) is 60.4 Å². The molecule has 0 bridgehead atoms. The van der Waals surface area contributed by atoms with Crippen LogP contribution in [0.2, 0.25) is 0 Å². The lowest BCUT2D eigenvalue weighted by molar-refractivity contribution is -0.118. The zero-order valence-electron chi connectivity index (χ0n) is 13.8. The first kappa shape index (κ1) is 17.1. The summed E-state index contributed by atoms with van der Waals surface area (Å²) in [5.74, 6) is -0.213. The van der Waals surface area contributed by atoms with E-state index in [2.05, 4.69) is 25.6 Å². The molecule has 0 unspecified atom stereocenters. The molecule has 9 heteroatoms. The maximum absolute atomic E-state index is 12.0. The number of aromatic nitrogens is 4. The number of ether oxygens (including phenoxy) is 2. The molecule has 1 amide bonds. The molecule has 9 nitrogen and oxygen atoms in total. The van der Waals surface area contributed by atoms with Gasteiger partial charge in [0, 0.05) is 5.69 Å². The minimum absolute atomic E-state index is 0.150. The summed E-state index contributed by atoms with van der Waals surface area (Å²) < 4.78 is 11.6. The summed E-state index contributed by atoms with van der Waals surface area (Å²) in [7, 11) is 1.31. The fourth-order valence-corrected chi connectivity index (χ4v) is 2.13. The fraction of sp³-hybridized carbons (Fsp3) is 0.118. The van der Waals surface area contributed by atoms with Crippen molar-refractivity contribution < 1.29 is 19.1 Å². The smallest absolute Gasteiger partial charge is 0.337 e. The number of methoxy groups -OCH3 is 1. The SMILES string of the molecule is COC(=O)c1ccc(NC(=O)COc2ccc(-n3cnnn3)cc2)cc1. The summed E-state index contributed by atoms with van der Waals surface area (Å²) >= 11 is 0. The van der Waals surface area contributed by atoms with E-state index >= 15 is 0 Å². The number of amides is 1. The number of carbonyl (C=O) groups excluding carboxylic acids is 2. The number of hydrogen-bond acceptors (Lipinski definition) is 7. The van der Waals surface area contributed by atoms with E-state index in [1.807, 2.05) is 0 Å². The average Bonchev–Trinajstić information content (AvgIpc) is 3.21. The lowest BCUT2D eigenvalue weighted by Crippen LogP contribution is -2.20. The van der Waals surface area contributed by atoms with E-state index in [0.29, 0.717) is 17.0 Å². The van der Waals surface area contributed by atoms with Gasteiger partial charge in [-0.3, -0.25) is 4.79 Å². The van der Waals surface area contributed by atoms with E-state index in [-0.39, 0.29) is 12.5 Å². The Bertz CT molecular complexity index is 877. The van der Waals surface area contributed by atoms with Crippen LogP contribution < -0.4 is 10.1 Å². The summed E-state index contributed by atoms with van der Waals surface area (Å²) in [5.41, 5.74) is 1.74. The third-order valence-electron chi connectivity index (χ3n) is 3.41. The molecule has 1 aromatic heterocycles. The van der Waals surface area contributed by atoms with Crippen LogP contribution in [0.5, 0.6) is 5.75 Å². The second-order valence-corrected chi connectivity index (χ2v) is 5.15. The molecular weight excluding hydrogens is 338 g/mol. The Labute approximate surface area is 148 Å². The summed E-state index contributed by atoms with van der Waals surface area (Å²) in [6, 6.07) is 13.4. The molecule has 2 aromatic carbocycles. The van der Waals surface area contributed by atoms with Crippen LogP contribution in [0.25, 0.3) is 5.69 Å². The molecule has 26 heavy (non-hydrogen) atoms. The molecular formula is C17H15N5O4. The number of anilines is 1. The van der Waals surface area contributed by atoms with Crippen LogP contribution >= 0.6 is 0 Å². The van der Waals surface area contributed by atoms with Gasteiger partial charge < -0.3 is 14.8 Å². The van der Waals surface area contributed by atoms with Gasteiger partial charge in [-0.1, -0.05) is 0 Å². The molecule has 0 spiro atoms. The molecule has 0 atom stereocenters. The lowest BCUT2D eigenvalue weighted by Gasteiger charge is -2.08. The zero-order chi connectivity index (χ0) is 18.4. The highest BCUT2D eigenvalue weighted by Gasteiger charge is 2.07. The first-order valence-electron chi connectivity index (χ1n) is 7.60. The highest BCUT2D eigenvalue weighted by molar-refractivity contribution is 5.93. The van der Waals surface area contributed by atoms with Crippen molar-refractivity contribution in [1.82, 2.24) is 20.2 Å². The van der Waals surface area contributed by atoms with Gasteiger partial charge in [-0.25, -0.2) is 9.48 Å². The van der Waals surface area contributed by atoms with Crippen molar-refractivity contribution in [3.8, 4) is 11.4 Å². The predicted molar refractivity (Wildman–Crippen MR) is 91.1 cm³/mol. The Kier molecular flexibility index (Phi) is 5.18.